The minimum Gasteiger partial charge on any atom is -0.465 e. The highest BCUT2D eigenvalue weighted by Gasteiger charge is 2.46. The van der Waals surface area contributed by atoms with Gasteiger partial charge in [-0.05, 0) is 26.0 Å². The van der Waals surface area contributed by atoms with Gasteiger partial charge >= 0.3 is 0 Å². The number of amides is 2. The van der Waals surface area contributed by atoms with Gasteiger partial charge < -0.3 is 4.42 Å². The molecule has 2 rings (SSSR count). The topological polar surface area (TPSA) is 59.3 Å². The fraction of sp³-hybridized carbons (Fsp3) is 0.400. The fourth-order valence-electron chi connectivity index (χ4n) is 1.64. The van der Waals surface area contributed by atoms with E-state index in [0.717, 1.165) is 5.76 Å². The second-order valence-electron chi connectivity index (χ2n) is 3.80. The van der Waals surface area contributed by atoms with Crippen LogP contribution in [0.5, 0.6) is 0 Å². The van der Waals surface area contributed by atoms with Gasteiger partial charge in [0, 0.05) is 6.42 Å². The van der Waals surface area contributed by atoms with Crippen LogP contribution >= 0.6 is 0 Å². The van der Waals surface area contributed by atoms with Crippen molar-refractivity contribution >= 4 is 11.8 Å². The van der Waals surface area contributed by atoms with Crippen molar-refractivity contribution in [2.75, 3.05) is 0 Å². The Hall–Kier alpha value is -1.58. The minimum atomic E-state index is -0.828. The number of aryl methyl sites for hydroxylation is 1. The number of furan rings is 1. The molecular formula is C10H11NO3. The largest absolute Gasteiger partial charge is 0.465 e. The third-order valence-electron chi connectivity index (χ3n) is 2.55. The van der Waals surface area contributed by atoms with Gasteiger partial charge in [0.2, 0.25) is 11.8 Å². The lowest BCUT2D eigenvalue weighted by molar-refractivity contribution is -0.126. The third kappa shape index (κ3) is 1.14. The molecule has 1 aromatic rings. The van der Waals surface area contributed by atoms with E-state index in [1.807, 2.05) is 6.92 Å². The van der Waals surface area contributed by atoms with Crippen LogP contribution in [0.4, 0.5) is 0 Å². The molecule has 14 heavy (non-hydrogen) atoms. The summed E-state index contributed by atoms with van der Waals surface area (Å²) in [5.41, 5.74) is -0.828. The number of nitrogens with one attached hydrogen (secondary N) is 1. The van der Waals surface area contributed by atoms with Crippen molar-refractivity contribution in [1.29, 1.82) is 0 Å². The lowest BCUT2D eigenvalue weighted by atomic mass is 9.86. The van der Waals surface area contributed by atoms with Crippen LogP contribution in [0, 0.1) is 6.92 Å². The van der Waals surface area contributed by atoms with Crippen molar-refractivity contribution in [2.45, 2.75) is 25.7 Å². The molecule has 1 aliphatic heterocycles. The Morgan fingerprint density at radius 1 is 1.43 bits per heavy atom. The molecule has 4 nitrogen and oxygen atoms in total. The van der Waals surface area contributed by atoms with Gasteiger partial charge in [-0.25, -0.2) is 0 Å². The zero-order valence-electron chi connectivity index (χ0n) is 8.09. The molecule has 1 aliphatic rings. The maximum Gasteiger partial charge on any atom is 0.240 e. The van der Waals surface area contributed by atoms with Gasteiger partial charge in [-0.3, -0.25) is 14.9 Å². The Labute approximate surface area is 81.3 Å². The highest BCUT2D eigenvalue weighted by atomic mass is 16.3. The zero-order valence-corrected chi connectivity index (χ0v) is 8.09. The highest BCUT2D eigenvalue weighted by molar-refractivity contribution is 6.08. The molecule has 1 atom stereocenters. The molecule has 1 N–H and O–H groups in total. The standard InChI is InChI=1S/C10H11NO3/c1-6-3-4-7(14-6)10(2)5-8(12)11-9(10)13/h3-4H,5H2,1-2H3,(H,11,12,13). The first kappa shape index (κ1) is 8.99. The number of carbonyl (C=O) groups is 2. The van der Waals surface area contributed by atoms with Gasteiger partial charge in [0.25, 0.3) is 0 Å². The average Bonchev–Trinajstić information content (AvgIpc) is 2.59. The van der Waals surface area contributed by atoms with E-state index in [2.05, 4.69) is 5.32 Å². The van der Waals surface area contributed by atoms with E-state index in [9.17, 15) is 9.59 Å². The van der Waals surface area contributed by atoms with E-state index < -0.39 is 5.41 Å². The van der Waals surface area contributed by atoms with Gasteiger partial charge in [0.05, 0.1) is 0 Å². The first-order chi connectivity index (χ1) is 6.52. The lowest BCUT2D eigenvalue weighted by Gasteiger charge is -2.15. The number of hydrogen-bond acceptors (Lipinski definition) is 3. The van der Waals surface area contributed by atoms with Crippen molar-refractivity contribution in [3.05, 3.63) is 23.7 Å². The van der Waals surface area contributed by atoms with Gasteiger partial charge in [-0.1, -0.05) is 0 Å². The summed E-state index contributed by atoms with van der Waals surface area (Å²) in [5, 5.41) is 2.28. The van der Waals surface area contributed by atoms with Crippen molar-refractivity contribution in [2.24, 2.45) is 0 Å². The Balaban J connectivity index is 2.42. The summed E-state index contributed by atoms with van der Waals surface area (Å²) in [6.07, 6.45) is 0.165. The summed E-state index contributed by atoms with van der Waals surface area (Å²) in [7, 11) is 0. The molecule has 1 unspecified atom stereocenters. The van der Waals surface area contributed by atoms with E-state index in [1.165, 1.54) is 0 Å². The maximum absolute atomic E-state index is 11.5. The lowest BCUT2D eigenvalue weighted by Crippen LogP contribution is -2.32. The van der Waals surface area contributed by atoms with E-state index in [-0.39, 0.29) is 18.2 Å². The Morgan fingerprint density at radius 3 is 2.57 bits per heavy atom. The van der Waals surface area contributed by atoms with Crippen molar-refractivity contribution in [3.8, 4) is 0 Å². The maximum atomic E-state index is 11.5. The van der Waals surface area contributed by atoms with Crippen LogP contribution in [0.1, 0.15) is 24.9 Å². The second-order valence-corrected chi connectivity index (χ2v) is 3.80. The molecule has 0 bridgehead atoms. The molecule has 1 fully saturated rings. The van der Waals surface area contributed by atoms with Gasteiger partial charge in [-0.15, -0.1) is 0 Å². The molecule has 0 spiro atoms. The van der Waals surface area contributed by atoms with E-state index >= 15 is 0 Å². The summed E-state index contributed by atoms with van der Waals surface area (Å²) in [5.74, 6) is 0.773. The molecule has 74 valence electrons. The zero-order chi connectivity index (χ0) is 10.3. The Bertz CT molecular complexity index is 407. The van der Waals surface area contributed by atoms with Gasteiger partial charge in [-0.2, -0.15) is 0 Å². The molecule has 1 aromatic heterocycles. The molecule has 0 saturated carbocycles. The van der Waals surface area contributed by atoms with Crippen LogP contribution in [0.15, 0.2) is 16.5 Å². The minimum absolute atomic E-state index is 0.165. The van der Waals surface area contributed by atoms with Crippen molar-refractivity contribution in [3.63, 3.8) is 0 Å². The number of carbonyl (C=O) groups excluding carboxylic acids is 2. The van der Waals surface area contributed by atoms with E-state index in [1.54, 1.807) is 19.1 Å². The second kappa shape index (κ2) is 2.70. The van der Waals surface area contributed by atoms with Crippen LogP contribution in [0.3, 0.4) is 0 Å². The molecule has 0 aromatic carbocycles. The molecule has 2 heterocycles. The third-order valence-corrected chi connectivity index (χ3v) is 2.55. The summed E-state index contributed by atoms with van der Waals surface area (Å²) in [4.78, 5) is 22.6. The van der Waals surface area contributed by atoms with Crippen LogP contribution in [-0.4, -0.2) is 11.8 Å². The Kier molecular flexibility index (Phi) is 1.74. The summed E-state index contributed by atoms with van der Waals surface area (Å²) >= 11 is 0. The van der Waals surface area contributed by atoms with Gasteiger partial charge in [0.1, 0.15) is 16.9 Å². The fourth-order valence-corrected chi connectivity index (χ4v) is 1.64. The predicted octanol–water partition coefficient (Wildman–Crippen LogP) is 0.892. The van der Waals surface area contributed by atoms with Gasteiger partial charge in [0.15, 0.2) is 0 Å². The molecule has 4 heteroatoms. The van der Waals surface area contributed by atoms with Crippen molar-refractivity contribution < 1.29 is 14.0 Å². The first-order valence-electron chi connectivity index (χ1n) is 4.43. The quantitative estimate of drug-likeness (QED) is 0.674. The summed E-state index contributed by atoms with van der Waals surface area (Å²) in [6.45, 7) is 3.52. The highest BCUT2D eigenvalue weighted by Crippen LogP contribution is 2.32. The molecule has 2 amide bonds. The monoisotopic (exact) mass is 193 g/mol. The van der Waals surface area contributed by atoms with Crippen LogP contribution in [0.25, 0.3) is 0 Å². The summed E-state index contributed by atoms with van der Waals surface area (Å²) < 4.78 is 5.38. The molecule has 0 radical (unpaired) electrons. The smallest absolute Gasteiger partial charge is 0.240 e. The average molecular weight is 193 g/mol. The van der Waals surface area contributed by atoms with Crippen LogP contribution in [0.2, 0.25) is 0 Å². The first-order valence-corrected chi connectivity index (χ1v) is 4.43. The molecule has 0 aliphatic carbocycles. The predicted molar refractivity (Wildman–Crippen MR) is 48.6 cm³/mol. The summed E-state index contributed by atoms with van der Waals surface area (Å²) in [6, 6.07) is 3.53. The molecular weight excluding hydrogens is 182 g/mol. The number of imide groups is 1. The van der Waals surface area contributed by atoms with Crippen molar-refractivity contribution in [1.82, 2.24) is 5.32 Å². The Morgan fingerprint density at radius 2 is 2.14 bits per heavy atom. The van der Waals surface area contributed by atoms with Crippen LogP contribution < -0.4 is 5.32 Å². The van der Waals surface area contributed by atoms with E-state index in [0.29, 0.717) is 5.76 Å². The normalized spacial score (nSPS) is 26.7. The van der Waals surface area contributed by atoms with Crippen LogP contribution in [-0.2, 0) is 15.0 Å². The van der Waals surface area contributed by atoms with E-state index in [4.69, 9.17) is 4.42 Å². The molecule has 1 saturated heterocycles. The SMILES string of the molecule is Cc1ccc(C2(C)CC(=O)NC2=O)o1. The number of rotatable bonds is 1. The number of hydrogen-bond donors (Lipinski definition) is 1.